The molecule has 0 radical (unpaired) electrons. The maximum absolute atomic E-state index is 12.9. The number of benzene rings is 2. The lowest BCUT2D eigenvalue weighted by molar-refractivity contribution is -0.384. The van der Waals surface area contributed by atoms with E-state index < -0.39 is 23.3 Å². The van der Waals surface area contributed by atoms with Gasteiger partial charge in [-0.1, -0.05) is 31.2 Å². The van der Waals surface area contributed by atoms with Gasteiger partial charge in [0.05, 0.1) is 28.0 Å². The second-order valence-corrected chi connectivity index (χ2v) is 8.02. The van der Waals surface area contributed by atoms with Crippen LogP contribution in [0, 0.1) is 27.9 Å². The average Bonchev–Trinajstić information content (AvgIpc) is 3.08. The largest absolute Gasteiger partial charge is 0.454 e. The van der Waals surface area contributed by atoms with Gasteiger partial charge in [-0.2, -0.15) is 0 Å². The maximum atomic E-state index is 12.9. The molecule has 2 aromatic rings. The summed E-state index contributed by atoms with van der Waals surface area (Å²) in [4.78, 5) is 61.6. The summed E-state index contributed by atoms with van der Waals surface area (Å²) < 4.78 is 5.03. The summed E-state index contributed by atoms with van der Waals surface area (Å²) in [6.07, 6.45) is 4.40. The van der Waals surface area contributed by atoms with Crippen LogP contribution >= 0.6 is 0 Å². The zero-order chi connectivity index (χ0) is 23.7. The minimum absolute atomic E-state index is 0.0250. The molecule has 2 aliphatic rings. The molecule has 33 heavy (non-hydrogen) atoms. The van der Waals surface area contributed by atoms with Crippen LogP contribution in [0.4, 0.5) is 11.4 Å². The monoisotopic (exact) mass is 448 g/mol. The van der Waals surface area contributed by atoms with E-state index >= 15 is 0 Å². The van der Waals surface area contributed by atoms with E-state index in [2.05, 4.69) is 0 Å². The summed E-state index contributed by atoms with van der Waals surface area (Å²) in [6, 6.07) is 11.0. The quantitative estimate of drug-likeness (QED) is 0.166. The number of nitrogens with zero attached hydrogens (tertiary/aromatic N) is 2. The van der Waals surface area contributed by atoms with E-state index in [1.54, 1.807) is 0 Å². The van der Waals surface area contributed by atoms with Gasteiger partial charge in [0.25, 0.3) is 5.69 Å². The second-order valence-electron chi connectivity index (χ2n) is 8.02. The molecule has 1 fully saturated rings. The van der Waals surface area contributed by atoms with Crippen LogP contribution in [0.1, 0.15) is 34.1 Å². The molecule has 2 aromatic carbocycles. The number of rotatable bonds is 6. The van der Waals surface area contributed by atoms with Crippen molar-refractivity contribution in [3.63, 3.8) is 0 Å². The number of carbonyl (C=O) groups is 4. The Morgan fingerprint density at radius 2 is 1.82 bits per heavy atom. The number of ether oxygens (including phenoxy) is 1. The van der Waals surface area contributed by atoms with Crippen molar-refractivity contribution in [1.29, 1.82) is 0 Å². The third kappa shape index (κ3) is 4.17. The summed E-state index contributed by atoms with van der Waals surface area (Å²) in [5.41, 5.74) is 0.329. The normalized spacial score (nSPS) is 21.6. The molecule has 9 nitrogen and oxygen atoms in total. The predicted octanol–water partition coefficient (Wildman–Crippen LogP) is 3.34. The molecule has 9 heteroatoms. The molecule has 1 aliphatic heterocycles. The van der Waals surface area contributed by atoms with Crippen LogP contribution in [-0.2, 0) is 14.3 Å². The smallest absolute Gasteiger partial charge is 0.338 e. The Hall–Kier alpha value is -4.14. The Balaban J connectivity index is 1.41. The molecule has 0 saturated carbocycles. The van der Waals surface area contributed by atoms with E-state index in [0.29, 0.717) is 12.1 Å². The standard InChI is InChI=1S/C24H20N2O7/c1-14-4-2-7-19-21(14)23(29)25(22(19)28)17-10-8-15(9-11-17)24(30)33-13-20(27)16-5-3-6-18(12-16)26(31)32/h2-6,8-12,14,19,21H,7,13H2,1H3. The first kappa shape index (κ1) is 22.1. The van der Waals surface area contributed by atoms with Crippen molar-refractivity contribution in [2.45, 2.75) is 13.3 Å². The predicted molar refractivity (Wildman–Crippen MR) is 117 cm³/mol. The van der Waals surface area contributed by atoms with Gasteiger partial charge in [0.15, 0.2) is 6.61 Å². The van der Waals surface area contributed by atoms with Gasteiger partial charge in [0.2, 0.25) is 17.6 Å². The van der Waals surface area contributed by atoms with E-state index in [4.69, 9.17) is 4.74 Å². The zero-order valence-corrected chi connectivity index (χ0v) is 17.7. The van der Waals surface area contributed by atoms with Gasteiger partial charge in [-0.3, -0.25) is 29.4 Å². The number of hydrogen-bond acceptors (Lipinski definition) is 7. The number of non-ortho nitro benzene ring substituents is 1. The highest BCUT2D eigenvalue weighted by atomic mass is 16.6. The van der Waals surface area contributed by atoms with E-state index in [9.17, 15) is 29.3 Å². The summed E-state index contributed by atoms with van der Waals surface area (Å²) in [5.74, 6) is -2.64. The number of imide groups is 1. The fraction of sp³-hybridized carbons (Fsp3) is 0.250. The Kier molecular flexibility index (Phi) is 5.87. The molecular weight excluding hydrogens is 428 g/mol. The molecule has 0 N–H and O–H groups in total. The van der Waals surface area contributed by atoms with Crippen LogP contribution in [0.25, 0.3) is 0 Å². The molecule has 3 atom stereocenters. The highest BCUT2D eigenvalue weighted by Gasteiger charge is 2.50. The number of nitro groups is 1. The summed E-state index contributed by atoms with van der Waals surface area (Å²) in [7, 11) is 0. The van der Waals surface area contributed by atoms with Gasteiger partial charge < -0.3 is 4.74 Å². The Bertz CT molecular complexity index is 1190. The van der Waals surface area contributed by atoms with Gasteiger partial charge >= 0.3 is 5.97 Å². The van der Waals surface area contributed by atoms with Crippen molar-refractivity contribution in [1.82, 2.24) is 0 Å². The van der Waals surface area contributed by atoms with Crippen LogP contribution < -0.4 is 4.90 Å². The minimum atomic E-state index is -0.772. The number of hydrogen-bond donors (Lipinski definition) is 0. The molecule has 0 spiro atoms. The lowest BCUT2D eigenvalue weighted by Crippen LogP contribution is -2.31. The number of ketones is 1. The lowest BCUT2D eigenvalue weighted by atomic mass is 9.78. The molecule has 1 aliphatic carbocycles. The first-order valence-corrected chi connectivity index (χ1v) is 10.4. The van der Waals surface area contributed by atoms with Crippen LogP contribution in [0.3, 0.4) is 0 Å². The number of nitro benzene ring substituents is 1. The molecular formula is C24H20N2O7. The Morgan fingerprint density at radius 1 is 1.09 bits per heavy atom. The number of allylic oxidation sites excluding steroid dienone is 2. The third-order valence-electron chi connectivity index (χ3n) is 5.95. The van der Waals surface area contributed by atoms with Gasteiger partial charge in [-0.25, -0.2) is 4.79 Å². The molecule has 4 rings (SSSR count). The van der Waals surface area contributed by atoms with Gasteiger partial charge in [0.1, 0.15) is 0 Å². The van der Waals surface area contributed by atoms with Crippen LogP contribution in [0.2, 0.25) is 0 Å². The highest BCUT2D eigenvalue weighted by Crippen LogP contribution is 2.40. The van der Waals surface area contributed by atoms with Crippen LogP contribution in [0.5, 0.6) is 0 Å². The highest BCUT2D eigenvalue weighted by molar-refractivity contribution is 6.22. The van der Waals surface area contributed by atoms with E-state index in [-0.39, 0.29) is 46.4 Å². The molecule has 3 unspecified atom stereocenters. The number of Topliss-reactive ketones (excluding diaryl/α,β-unsaturated/α-hetero) is 1. The van der Waals surface area contributed by atoms with Crippen molar-refractivity contribution in [3.8, 4) is 0 Å². The second kappa shape index (κ2) is 8.78. The minimum Gasteiger partial charge on any atom is -0.454 e. The first-order chi connectivity index (χ1) is 15.8. The van der Waals surface area contributed by atoms with Crippen molar-refractivity contribution < 1.29 is 28.8 Å². The van der Waals surface area contributed by atoms with Gasteiger partial charge in [-0.05, 0) is 36.6 Å². The molecule has 0 bridgehead atoms. The fourth-order valence-corrected chi connectivity index (χ4v) is 4.24. The number of fused-ring (bicyclic) bond motifs is 1. The third-order valence-corrected chi connectivity index (χ3v) is 5.95. The molecule has 1 heterocycles. The Morgan fingerprint density at radius 3 is 2.48 bits per heavy atom. The number of anilines is 1. The molecule has 2 amide bonds. The van der Waals surface area contributed by atoms with E-state index in [0.717, 1.165) is 6.07 Å². The summed E-state index contributed by atoms with van der Waals surface area (Å²) >= 11 is 0. The van der Waals surface area contributed by atoms with Crippen LogP contribution in [-0.4, -0.2) is 35.1 Å². The average molecular weight is 448 g/mol. The summed E-state index contributed by atoms with van der Waals surface area (Å²) in [5, 5.41) is 10.8. The molecule has 1 saturated heterocycles. The lowest BCUT2D eigenvalue weighted by Gasteiger charge is -2.22. The SMILES string of the molecule is CC1C=CCC2C(=O)N(c3ccc(C(=O)OCC(=O)c4cccc([N+](=O)[O-])c4)cc3)C(=O)C12. The Labute approximate surface area is 188 Å². The van der Waals surface area contributed by atoms with Crippen LogP contribution in [0.15, 0.2) is 60.7 Å². The van der Waals surface area contributed by atoms with Crippen molar-refractivity contribution in [2.75, 3.05) is 11.5 Å². The van der Waals surface area contributed by atoms with Crippen molar-refractivity contribution in [2.24, 2.45) is 17.8 Å². The number of esters is 1. The first-order valence-electron chi connectivity index (χ1n) is 10.4. The van der Waals surface area contributed by atoms with Gasteiger partial charge in [0, 0.05) is 17.7 Å². The number of carbonyl (C=O) groups excluding carboxylic acids is 4. The van der Waals surface area contributed by atoms with Crippen molar-refractivity contribution >= 4 is 34.9 Å². The van der Waals surface area contributed by atoms with E-state index in [1.807, 2.05) is 19.1 Å². The number of amides is 2. The topological polar surface area (TPSA) is 124 Å². The van der Waals surface area contributed by atoms with E-state index in [1.165, 1.54) is 47.4 Å². The molecule has 168 valence electrons. The zero-order valence-electron chi connectivity index (χ0n) is 17.7. The maximum Gasteiger partial charge on any atom is 0.338 e. The van der Waals surface area contributed by atoms with Crippen molar-refractivity contribution in [3.05, 3.63) is 81.9 Å². The molecule has 0 aromatic heterocycles. The fourth-order valence-electron chi connectivity index (χ4n) is 4.24. The summed E-state index contributed by atoms with van der Waals surface area (Å²) in [6.45, 7) is 1.33. The van der Waals surface area contributed by atoms with Gasteiger partial charge in [-0.15, -0.1) is 0 Å².